The highest BCUT2D eigenvalue weighted by molar-refractivity contribution is 5.89. The molecule has 2 amide bonds. The van der Waals surface area contributed by atoms with Gasteiger partial charge in [-0.25, -0.2) is 4.79 Å². The lowest BCUT2D eigenvalue weighted by atomic mass is 10.1. The summed E-state index contributed by atoms with van der Waals surface area (Å²) in [5.74, 6) is -1.56. The van der Waals surface area contributed by atoms with Gasteiger partial charge >= 0.3 is 5.97 Å². The van der Waals surface area contributed by atoms with Crippen LogP contribution in [0.4, 0.5) is 0 Å². The van der Waals surface area contributed by atoms with Crippen molar-refractivity contribution >= 4 is 17.8 Å². The van der Waals surface area contributed by atoms with Crippen LogP contribution >= 0.6 is 0 Å². The summed E-state index contributed by atoms with van der Waals surface area (Å²) in [6.07, 6.45) is 0.211. The Bertz CT molecular complexity index is 563. The fourth-order valence-electron chi connectivity index (χ4n) is 2.31. The molecule has 0 saturated carbocycles. The summed E-state index contributed by atoms with van der Waals surface area (Å²) in [5.41, 5.74) is 0. The van der Waals surface area contributed by atoms with Crippen molar-refractivity contribution < 1.29 is 23.9 Å². The highest BCUT2D eigenvalue weighted by atomic mass is 16.4. The molecule has 0 aromatic carbocycles. The molecule has 2 rings (SSSR count). The minimum absolute atomic E-state index is 0.0173. The highest BCUT2D eigenvalue weighted by Crippen LogP contribution is 2.20. The van der Waals surface area contributed by atoms with E-state index in [2.05, 4.69) is 5.32 Å². The summed E-state index contributed by atoms with van der Waals surface area (Å²) in [7, 11) is 0. The van der Waals surface area contributed by atoms with E-state index in [0.717, 1.165) is 0 Å². The van der Waals surface area contributed by atoms with Gasteiger partial charge in [0.15, 0.2) is 0 Å². The molecule has 1 saturated heterocycles. The Labute approximate surface area is 121 Å². The van der Waals surface area contributed by atoms with Gasteiger partial charge in [0.25, 0.3) is 0 Å². The fourth-order valence-corrected chi connectivity index (χ4v) is 2.31. The van der Waals surface area contributed by atoms with Crippen molar-refractivity contribution in [1.82, 2.24) is 10.2 Å². The number of rotatable bonds is 5. The van der Waals surface area contributed by atoms with Crippen molar-refractivity contribution in [3.05, 3.63) is 23.7 Å². The number of carbonyl (C=O) groups is 3. The molecule has 2 N–H and O–H groups in total. The molecule has 1 aromatic heterocycles. The van der Waals surface area contributed by atoms with Gasteiger partial charge in [0.05, 0.1) is 12.5 Å². The quantitative estimate of drug-likeness (QED) is 0.838. The number of nitrogens with one attached hydrogen (secondary N) is 1. The molecular weight excluding hydrogens is 276 g/mol. The van der Waals surface area contributed by atoms with E-state index < -0.39 is 5.97 Å². The molecule has 0 radical (unpaired) electrons. The fraction of sp³-hybridized carbons (Fsp3) is 0.500. The van der Waals surface area contributed by atoms with E-state index in [9.17, 15) is 14.4 Å². The van der Waals surface area contributed by atoms with Gasteiger partial charge in [-0.05, 0) is 26.0 Å². The molecular formula is C14H18N2O5. The van der Waals surface area contributed by atoms with E-state index in [1.165, 1.54) is 12.1 Å². The number of carboxylic acid groups (broad SMARTS) is 1. The first-order valence-corrected chi connectivity index (χ1v) is 6.77. The number of likely N-dealkylation sites (tertiary alicyclic amines) is 1. The predicted molar refractivity (Wildman–Crippen MR) is 72.5 cm³/mol. The molecule has 0 bridgehead atoms. The number of furan rings is 1. The minimum atomic E-state index is -1.15. The zero-order valence-corrected chi connectivity index (χ0v) is 12.0. The number of aromatic carboxylic acids is 1. The smallest absolute Gasteiger partial charge is 0.371 e. The molecule has 1 aromatic rings. The molecule has 2 heterocycles. The number of nitrogens with zero attached hydrogens (tertiary/aromatic N) is 1. The summed E-state index contributed by atoms with van der Waals surface area (Å²) in [5, 5.41) is 11.4. The number of carboxylic acids is 1. The van der Waals surface area contributed by atoms with Crippen molar-refractivity contribution in [2.24, 2.45) is 5.92 Å². The molecule has 7 nitrogen and oxygen atoms in total. The lowest BCUT2D eigenvalue weighted by molar-refractivity contribution is -0.130. The Kier molecular flexibility index (Phi) is 4.30. The maximum Gasteiger partial charge on any atom is 0.371 e. The Balaban J connectivity index is 1.87. The van der Waals surface area contributed by atoms with Crippen molar-refractivity contribution in [1.29, 1.82) is 0 Å². The first-order chi connectivity index (χ1) is 9.88. The van der Waals surface area contributed by atoms with Crippen LogP contribution in [-0.4, -0.2) is 40.4 Å². The average molecular weight is 294 g/mol. The van der Waals surface area contributed by atoms with E-state index in [1.807, 2.05) is 13.8 Å². The van der Waals surface area contributed by atoms with Gasteiger partial charge in [0.1, 0.15) is 5.76 Å². The second-order valence-electron chi connectivity index (χ2n) is 5.33. The average Bonchev–Trinajstić information content (AvgIpc) is 3.02. The van der Waals surface area contributed by atoms with Crippen LogP contribution in [0.1, 0.15) is 36.6 Å². The first kappa shape index (κ1) is 15.1. The van der Waals surface area contributed by atoms with E-state index in [0.29, 0.717) is 12.3 Å². The number of amides is 2. The SMILES string of the molecule is CC(C)N1CC(C(=O)NCc2ccc(C(=O)O)o2)CC1=O. The van der Waals surface area contributed by atoms with Crippen LogP contribution in [0.3, 0.4) is 0 Å². The maximum atomic E-state index is 12.0. The van der Waals surface area contributed by atoms with Crippen LogP contribution < -0.4 is 5.32 Å². The molecule has 1 atom stereocenters. The lowest BCUT2D eigenvalue weighted by Crippen LogP contribution is -2.35. The molecule has 0 spiro atoms. The van der Waals surface area contributed by atoms with Crippen LogP contribution in [0.2, 0.25) is 0 Å². The topological polar surface area (TPSA) is 99.8 Å². The van der Waals surface area contributed by atoms with E-state index in [1.54, 1.807) is 4.90 Å². The maximum absolute atomic E-state index is 12.0. The van der Waals surface area contributed by atoms with Gasteiger partial charge in [0.2, 0.25) is 17.6 Å². The second kappa shape index (κ2) is 5.99. The van der Waals surface area contributed by atoms with Crippen molar-refractivity contribution in [2.75, 3.05) is 6.54 Å². The van der Waals surface area contributed by atoms with Crippen molar-refractivity contribution in [3.63, 3.8) is 0 Å². The summed E-state index contributed by atoms with van der Waals surface area (Å²) in [4.78, 5) is 36.1. The lowest BCUT2D eigenvalue weighted by Gasteiger charge is -2.20. The summed E-state index contributed by atoms with van der Waals surface area (Å²) in [6.45, 7) is 4.35. The standard InChI is InChI=1S/C14H18N2O5/c1-8(2)16-7-9(5-12(16)17)13(18)15-6-10-3-4-11(21-10)14(19)20/h3-4,8-9H,5-7H2,1-2H3,(H,15,18)(H,19,20). The Morgan fingerprint density at radius 2 is 2.19 bits per heavy atom. The normalized spacial score (nSPS) is 18.3. The largest absolute Gasteiger partial charge is 0.475 e. The van der Waals surface area contributed by atoms with Gasteiger partial charge in [-0.3, -0.25) is 9.59 Å². The molecule has 114 valence electrons. The van der Waals surface area contributed by atoms with Crippen LogP contribution in [0.15, 0.2) is 16.5 Å². The monoisotopic (exact) mass is 294 g/mol. The Morgan fingerprint density at radius 1 is 1.48 bits per heavy atom. The molecule has 1 fully saturated rings. The predicted octanol–water partition coefficient (Wildman–Crippen LogP) is 0.851. The third-order valence-corrected chi connectivity index (χ3v) is 3.46. The van der Waals surface area contributed by atoms with Crippen LogP contribution in [0.25, 0.3) is 0 Å². The molecule has 0 aliphatic carbocycles. The van der Waals surface area contributed by atoms with Gasteiger partial charge in [-0.1, -0.05) is 0 Å². The van der Waals surface area contributed by atoms with Gasteiger partial charge in [-0.15, -0.1) is 0 Å². The Hall–Kier alpha value is -2.31. The van der Waals surface area contributed by atoms with Gasteiger partial charge in [-0.2, -0.15) is 0 Å². The second-order valence-corrected chi connectivity index (χ2v) is 5.33. The minimum Gasteiger partial charge on any atom is -0.475 e. The van der Waals surface area contributed by atoms with Crippen molar-refractivity contribution in [2.45, 2.75) is 32.9 Å². The third-order valence-electron chi connectivity index (χ3n) is 3.46. The van der Waals surface area contributed by atoms with Gasteiger partial charge in [0, 0.05) is 19.0 Å². The number of carbonyl (C=O) groups excluding carboxylic acids is 2. The first-order valence-electron chi connectivity index (χ1n) is 6.77. The molecule has 7 heteroatoms. The molecule has 1 aliphatic rings. The van der Waals surface area contributed by atoms with Crippen LogP contribution in [0, 0.1) is 5.92 Å². The number of hydrogen-bond donors (Lipinski definition) is 2. The van der Waals surface area contributed by atoms with E-state index in [-0.39, 0.29) is 42.5 Å². The van der Waals surface area contributed by atoms with Crippen LogP contribution in [0.5, 0.6) is 0 Å². The zero-order valence-electron chi connectivity index (χ0n) is 12.0. The van der Waals surface area contributed by atoms with Gasteiger partial charge < -0.3 is 19.7 Å². The molecule has 21 heavy (non-hydrogen) atoms. The Morgan fingerprint density at radius 3 is 2.71 bits per heavy atom. The summed E-state index contributed by atoms with van der Waals surface area (Å²) in [6, 6.07) is 2.92. The van der Waals surface area contributed by atoms with E-state index >= 15 is 0 Å². The van der Waals surface area contributed by atoms with Crippen LogP contribution in [-0.2, 0) is 16.1 Å². The summed E-state index contributed by atoms with van der Waals surface area (Å²) < 4.78 is 5.05. The molecule has 1 unspecified atom stereocenters. The summed E-state index contributed by atoms with van der Waals surface area (Å²) >= 11 is 0. The highest BCUT2D eigenvalue weighted by Gasteiger charge is 2.35. The zero-order chi connectivity index (χ0) is 15.6. The third kappa shape index (κ3) is 3.42. The van der Waals surface area contributed by atoms with Crippen molar-refractivity contribution in [3.8, 4) is 0 Å². The van der Waals surface area contributed by atoms with E-state index in [4.69, 9.17) is 9.52 Å². The number of hydrogen-bond acceptors (Lipinski definition) is 4. The molecule has 1 aliphatic heterocycles.